The van der Waals surface area contributed by atoms with Gasteiger partial charge in [0.05, 0.1) is 25.7 Å². The van der Waals surface area contributed by atoms with Gasteiger partial charge in [-0.2, -0.15) is 0 Å². The van der Waals surface area contributed by atoms with Gasteiger partial charge in [0.1, 0.15) is 12.6 Å². The number of benzene rings is 4. The molecule has 4 aromatic carbocycles. The van der Waals surface area contributed by atoms with Crippen molar-refractivity contribution in [2.24, 2.45) is 0 Å². The van der Waals surface area contributed by atoms with E-state index in [1.54, 1.807) is 36.4 Å². The average Bonchev–Trinajstić information content (AvgIpc) is 3.04. The predicted molar refractivity (Wildman–Crippen MR) is 186 cm³/mol. The van der Waals surface area contributed by atoms with E-state index in [4.69, 9.17) is 46.4 Å². The molecule has 0 aliphatic carbocycles. The maximum Gasteiger partial charge on any atom is 0.264 e. The second-order valence-corrected chi connectivity index (χ2v) is 14.1. The van der Waals surface area contributed by atoms with E-state index >= 15 is 0 Å². The summed E-state index contributed by atoms with van der Waals surface area (Å²) in [5.74, 6) is -1.00. The van der Waals surface area contributed by atoms with E-state index in [2.05, 4.69) is 5.32 Å². The van der Waals surface area contributed by atoms with Crippen LogP contribution < -0.4 is 9.62 Å². The Morgan fingerprint density at radius 1 is 0.783 bits per heavy atom. The summed E-state index contributed by atoms with van der Waals surface area (Å²) >= 11 is 25.2. The lowest BCUT2D eigenvalue weighted by Gasteiger charge is -2.34. The number of hydrogen-bond donors (Lipinski definition) is 1. The SMILES string of the molecule is CCCCNC(=O)[C@H](Cc1ccccc1)N(Cc1ccc(Cl)c(Cl)c1)C(=O)CN(c1ccc(Cl)cc1Cl)S(=O)(=O)c1ccccc1. The Labute approximate surface area is 290 Å². The molecule has 0 unspecified atom stereocenters. The Kier molecular flexibility index (Phi) is 12.8. The van der Waals surface area contributed by atoms with Gasteiger partial charge in [-0.05, 0) is 60.0 Å². The van der Waals surface area contributed by atoms with Gasteiger partial charge in [-0.25, -0.2) is 8.42 Å². The lowest BCUT2D eigenvalue weighted by atomic mass is 10.0. The molecule has 0 fully saturated rings. The van der Waals surface area contributed by atoms with E-state index in [1.807, 2.05) is 37.3 Å². The topological polar surface area (TPSA) is 86.8 Å². The molecule has 7 nitrogen and oxygen atoms in total. The normalized spacial score (nSPS) is 11.9. The van der Waals surface area contributed by atoms with Crippen molar-refractivity contribution in [2.75, 3.05) is 17.4 Å². The molecule has 4 rings (SSSR count). The van der Waals surface area contributed by atoms with Gasteiger partial charge >= 0.3 is 0 Å². The van der Waals surface area contributed by atoms with Crippen LogP contribution in [0.4, 0.5) is 5.69 Å². The number of nitrogens with zero attached hydrogens (tertiary/aromatic N) is 2. The number of carbonyl (C=O) groups excluding carboxylic acids is 2. The Bertz CT molecular complexity index is 1760. The maximum absolute atomic E-state index is 14.5. The molecular formula is C34H33Cl4N3O4S. The van der Waals surface area contributed by atoms with Crippen molar-refractivity contribution < 1.29 is 18.0 Å². The molecule has 1 atom stereocenters. The van der Waals surface area contributed by atoms with Crippen LogP contribution in [-0.2, 0) is 32.6 Å². The first kappa shape index (κ1) is 35.6. The zero-order chi connectivity index (χ0) is 33.3. The quantitative estimate of drug-likeness (QED) is 0.134. The molecule has 4 aromatic rings. The Balaban J connectivity index is 1.82. The largest absolute Gasteiger partial charge is 0.354 e. The highest BCUT2D eigenvalue weighted by molar-refractivity contribution is 7.92. The van der Waals surface area contributed by atoms with Gasteiger partial charge in [0.25, 0.3) is 10.0 Å². The Hall–Kier alpha value is -3.27. The molecule has 0 bridgehead atoms. The minimum Gasteiger partial charge on any atom is -0.354 e. The van der Waals surface area contributed by atoms with Crippen molar-refractivity contribution in [1.82, 2.24) is 10.2 Å². The number of halogens is 4. The fourth-order valence-electron chi connectivity index (χ4n) is 4.81. The van der Waals surface area contributed by atoms with Crippen LogP contribution in [-0.4, -0.2) is 44.3 Å². The number of sulfonamides is 1. The standard InChI is InChI=1S/C34H33Cl4N3O4S/c1-2-3-18-39-34(43)32(20-24-10-6-4-7-11-24)40(22-25-14-16-28(36)29(37)19-25)33(42)23-41(31-17-15-26(35)21-30(31)38)46(44,45)27-12-8-5-9-13-27/h4-17,19,21,32H,2-3,18,20,22-23H2,1H3,(H,39,43)/t32-/m0/s1. The van der Waals surface area contributed by atoms with E-state index < -0.39 is 28.5 Å². The van der Waals surface area contributed by atoms with Crippen LogP contribution in [0.2, 0.25) is 20.1 Å². The number of nitrogens with one attached hydrogen (secondary N) is 1. The summed E-state index contributed by atoms with van der Waals surface area (Å²) in [5.41, 5.74) is 1.48. The number of unbranched alkanes of at least 4 members (excludes halogenated alkanes) is 1. The van der Waals surface area contributed by atoms with Crippen molar-refractivity contribution in [3.05, 3.63) is 128 Å². The van der Waals surface area contributed by atoms with Crippen molar-refractivity contribution in [2.45, 2.75) is 43.7 Å². The molecule has 1 N–H and O–H groups in total. The molecule has 2 amide bonds. The summed E-state index contributed by atoms with van der Waals surface area (Å²) < 4.78 is 29.1. The Morgan fingerprint density at radius 2 is 1.46 bits per heavy atom. The minimum atomic E-state index is -4.31. The average molecular weight is 722 g/mol. The monoisotopic (exact) mass is 719 g/mol. The van der Waals surface area contributed by atoms with Gasteiger partial charge in [-0.3, -0.25) is 13.9 Å². The van der Waals surface area contributed by atoms with E-state index in [-0.39, 0.29) is 39.5 Å². The van der Waals surface area contributed by atoms with E-state index in [9.17, 15) is 18.0 Å². The first-order valence-corrected chi connectivity index (χ1v) is 17.5. The molecule has 0 spiro atoms. The van der Waals surface area contributed by atoms with Crippen LogP contribution in [0.3, 0.4) is 0 Å². The highest BCUT2D eigenvalue weighted by atomic mass is 35.5. The maximum atomic E-state index is 14.5. The van der Waals surface area contributed by atoms with Crippen molar-refractivity contribution in [3.8, 4) is 0 Å². The molecule has 0 aromatic heterocycles. The molecule has 0 heterocycles. The number of carbonyl (C=O) groups is 2. The van der Waals surface area contributed by atoms with Gasteiger partial charge in [0.2, 0.25) is 11.8 Å². The van der Waals surface area contributed by atoms with Crippen LogP contribution in [0.15, 0.2) is 102 Å². The van der Waals surface area contributed by atoms with Gasteiger partial charge in [-0.15, -0.1) is 0 Å². The summed E-state index contributed by atoms with van der Waals surface area (Å²) in [6.07, 6.45) is 1.80. The van der Waals surface area contributed by atoms with Gasteiger partial charge in [0.15, 0.2) is 0 Å². The number of amides is 2. The summed E-state index contributed by atoms with van der Waals surface area (Å²) in [6, 6.07) is 25.3. The summed E-state index contributed by atoms with van der Waals surface area (Å²) in [7, 11) is -4.31. The first-order chi connectivity index (χ1) is 22.0. The fourth-order valence-corrected chi connectivity index (χ4v) is 7.15. The molecule has 0 saturated heterocycles. The van der Waals surface area contributed by atoms with E-state index in [0.717, 1.165) is 22.7 Å². The lowest BCUT2D eigenvalue weighted by Crippen LogP contribution is -2.53. The second-order valence-electron chi connectivity index (χ2n) is 10.5. The lowest BCUT2D eigenvalue weighted by molar-refractivity contribution is -0.140. The Morgan fingerprint density at radius 3 is 2.09 bits per heavy atom. The van der Waals surface area contributed by atoms with E-state index in [1.165, 1.54) is 35.2 Å². The molecule has 46 heavy (non-hydrogen) atoms. The number of rotatable bonds is 14. The van der Waals surface area contributed by atoms with Crippen LogP contribution >= 0.6 is 46.4 Å². The van der Waals surface area contributed by atoms with Gasteiger partial charge in [-0.1, -0.05) is 114 Å². The fraction of sp³-hybridized carbons (Fsp3) is 0.235. The minimum absolute atomic E-state index is 0.0361. The van der Waals surface area contributed by atoms with Crippen LogP contribution in [0.5, 0.6) is 0 Å². The second kappa shape index (κ2) is 16.5. The summed E-state index contributed by atoms with van der Waals surface area (Å²) in [5, 5.41) is 3.90. The third-order valence-electron chi connectivity index (χ3n) is 7.23. The number of anilines is 1. The van der Waals surface area contributed by atoms with Crippen molar-refractivity contribution >= 4 is 73.9 Å². The van der Waals surface area contributed by atoms with Gasteiger partial charge in [0, 0.05) is 24.5 Å². The zero-order valence-electron chi connectivity index (χ0n) is 25.0. The third-order valence-corrected chi connectivity index (χ3v) is 10.3. The molecule has 0 radical (unpaired) electrons. The highest BCUT2D eigenvalue weighted by Crippen LogP contribution is 2.33. The van der Waals surface area contributed by atoms with Gasteiger partial charge < -0.3 is 10.2 Å². The molecule has 0 aliphatic heterocycles. The summed E-state index contributed by atoms with van der Waals surface area (Å²) in [4.78, 5) is 29.7. The predicted octanol–water partition coefficient (Wildman–Crippen LogP) is 8.05. The van der Waals surface area contributed by atoms with Crippen molar-refractivity contribution in [3.63, 3.8) is 0 Å². The van der Waals surface area contributed by atoms with Crippen molar-refractivity contribution in [1.29, 1.82) is 0 Å². The van der Waals surface area contributed by atoms with E-state index in [0.29, 0.717) is 22.2 Å². The zero-order valence-corrected chi connectivity index (χ0v) is 28.8. The van der Waals surface area contributed by atoms with Crippen LogP contribution in [0, 0.1) is 0 Å². The molecule has 0 aliphatic rings. The number of hydrogen-bond acceptors (Lipinski definition) is 4. The van der Waals surface area contributed by atoms with Crippen LogP contribution in [0.1, 0.15) is 30.9 Å². The summed E-state index contributed by atoms with van der Waals surface area (Å²) in [6.45, 7) is 1.72. The molecule has 12 heteroatoms. The first-order valence-electron chi connectivity index (χ1n) is 14.6. The molecule has 242 valence electrons. The highest BCUT2D eigenvalue weighted by Gasteiger charge is 2.35. The molecule has 0 saturated carbocycles. The van der Waals surface area contributed by atoms with Crippen LogP contribution in [0.25, 0.3) is 0 Å². The third kappa shape index (κ3) is 9.17. The molecular weight excluding hydrogens is 688 g/mol. The smallest absolute Gasteiger partial charge is 0.264 e.